The van der Waals surface area contributed by atoms with Gasteiger partial charge in [0, 0.05) is 19.3 Å². The zero-order valence-corrected chi connectivity index (χ0v) is 13.3. The van der Waals surface area contributed by atoms with Crippen molar-refractivity contribution in [3.63, 3.8) is 0 Å². The smallest absolute Gasteiger partial charge is 0.224 e. The first-order chi connectivity index (χ1) is 10.3. The number of rotatable bonds is 5. The Morgan fingerprint density at radius 3 is 2.55 bits per heavy atom. The summed E-state index contributed by atoms with van der Waals surface area (Å²) >= 11 is 0. The number of nitrogens with zero attached hydrogens (tertiary/aromatic N) is 1. The van der Waals surface area contributed by atoms with Crippen LogP contribution in [0.15, 0.2) is 23.4 Å². The van der Waals surface area contributed by atoms with Gasteiger partial charge < -0.3 is 5.32 Å². The van der Waals surface area contributed by atoms with Gasteiger partial charge in [-0.05, 0) is 40.6 Å². The molecule has 1 amide bonds. The van der Waals surface area contributed by atoms with Gasteiger partial charge in [0.15, 0.2) is 0 Å². The zero-order chi connectivity index (χ0) is 16.3. The second-order valence-corrected chi connectivity index (χ2v) is 6.97. The van der Waals surface area contributed by atoms with Gasteiger partial charge in [0.05, 0.1) is 5.69 Å². The Labute approximate surface area is 130 Å². The Morgan fingerprint density at radius 2 is 2.00 bits per heavy atom. The number of amides is 1. The van der Waals surface area contributed by atoms with Crippen molar-refractivity contribution in [2.24, 2.45) is 11.1 Å². The van der Waals surface area contributed by atoms with E-state index in [0.29, 0.717) is 37.3 Å². The van der Waals surface area contributed by atoms with Crippen molar-refractivity contribution in [2.75, 3.05) is 5.32 Å². The minimum absolute atomic E-state index is 0.0846. The van der Waals surface area contributed by atoms with Crippen molar-refractivity contribution in [2.45, 2.75) is 51.9 Å². The lowest BCUT2D eigenvalue weighted by Crippen LogP contribution is -2.24. The second-order valence-electron chi connectivity index (χ2n) is 6.97. The van der Waals surface area contributed by atoms with Gasteiger partial charge in [-0.15, -0.1) is 4.91 Å². The molecule has 5 heteroatoms. The Morgan fingerprint density at radius 1 is 1.32 bits per heavy atom. The zero-order valence-electron chi connectivity index (χ0n) is 13.3. The summed E-state index contributed by atoms with van der Waals surface area (Å²) in [6.45, 7) is 6.15. The number of ketones is 1. The maximum absolute atomic E-state index is 11.9. The average molecular weight is 302 g/mol. The van der Waals surface area contributed by atoms with Crippen LogP contribution in [0.1, 0.15) is 52.0 Å². The van der Waals surface area contributed by atoms with Crippen molar-refractivity contribution in [1.82, 2.24) is 0 Å². The number of carbonyl (C=O) groups excluding carboxylic acids is 2. The number of carbonyl (C=O) groups is 2. The van der Waals surface area contributed by atoms with E-state index in [0.717, 1.165) is 5.56 Å². The van der Waals surface area contributed by atoms with Crippen molar-refractivity contribution in [1.29, 1.82) is 0 Å². The highest BCUT2D eigenvalue weighted by Gasteiger charge is 2.26. The number of nitroso groups, excluding NO2 is 1. The summed E-state index contributed by atoms with van der Waals surface area (Å²) in [7, 11) is 0. The van der Waals surface area contributed by atoms with Crippen molar-refractivity contribution in [3.05, 3.63) is 28.7 Å². The third-order valence-corrected chi connectivity index (χ3v) is 4.05. The van der Waals surface area contributed by atoms with Gasteiger partial charge in [0.2, 0.25) is 5.91 Å². The molecule has 0 unspecified atom stereocenters. The average Bonchev–Trinajstić information content (AvgIpc) is 2.41. The molecule has 0 spiro atoms. The van der Waals surface area contributed by atoms with E-state index in [-0.39, 0.29) is 22.8 Å². The lowest BCUT2D eigenvalue weighted by molar-refractivity contribution is -0.127. The van der Waals surface area contributed by atoms with E-state index in [1.807, 2.05) is 6.07 Å². The molecule has 1 aromatic carbocycles. The van der Waals surface area contributed by atoms with Gasteiger partial charge >= 0.3 is 0 Å². The second kappa shape index (κ2) is 6.38. The predicted octanol–water partition coefficient (Wildman–Crippen LogP) is 4.08. The molecule has 1 saturated carbocycles. The van der Waals surface area contributed by atoms with Gasteiger partial charge in [-0.3, -0.25) is 9.59 Å². The maximum Gasteiger partial charge on any atom is 0.224 e. The van der Waals surface area contributed by atoms with Gasteiger partial charge in [-0.2, -0.15) is 0 Å². The fourth-order valence-corrected chi connectivity index (χ4v) is 2.52. The monoisotopic (exact) mass is 302 g/mol. The first-order valence-corrected chi connectivity index (χ1v) is 7.59. The summed E-state index contributed by atoms with van der Waals surface area (Å²) in [4.78, 5) is 33.8. The van der Waals surface area contributed by atoms with E-state index >= 15 is 0 Å². The van der Waals surface area contributed by atoms with Crippen molar-refractivity contribution < 1.29 is 9.59 Å². The fraction of sp³-hybridized carbons (Fsp3) is 0.529. The molecule has 0 radical (unpaired) electrons. The van der Waals surface area contributed by atoms with Crippen LogP contribution in [0.2, 0.25) is 0 Å². The normalized spacial score (nSPS) is 15.3. The molecule has 1 aromatic rings. The van der Waals surface area contributed by atoms with E-state index < -0.39 is 0 Å². The van der Waals surface area contributed by atoms with E-state index in [1.54, 1.807) is 12.1 Å². The number of hydrogen-bond donors (Lipinski definition) is 1. The van der Waals surface area contributed by atoms with E-state index in [1.165, 1.54) is 0 Å². The van der Waals surface area contributed by atoms with Gasteiger partial charge in [-0.1, -0.05) is 26.8 Å². The highest BCUT2D eigenvalue weighted by atomic mass is 16.3. The third kappa shape index (κ3) is 4.00. The Kier molecular flexibility index (Phi) is 4.74. The molecule has 22 heavy (non-hydrogen) atoms. The first kappa shape index (κ1) is 16.3. The van der Waals surface area contributed by atoms with Crippen molar-refractivity contribution >= 4 is 23.1 Å². The lowest BCUT2D eigenvalue weighted by atomic mass is 9.81. The summed E-state index contributed by atoms with van der Waals surface area (Å²) in [5.41, 5.74) is 1.60. The van der Waals surface area contributed by atoms with Crippen LogP contribution in [0, 0.1) is 10.8 Å². The van der Waals surface area contributed by atoms with Crippen LogP contribution in [0.5, 0.6) is 0 Å². The van der Waals surface area contributed by atoms with E-state index in [9.17, 15) is 14.5 Å². The number of benzene rings is 1. The topological polar surface area (TPSA) is 75.6 Å². The minimum Gasteiger partial charge on any atom is -0.324 e. The Hall–Kier alpha value is -2.04. The molecule has 1 aliphatic carbocycles. The first-order valence-electron chi connectivity index (χ1n) is 7.59. The molecule has 5 nitrogen and oxygen atoms in total. The lowest BCUT2D eigenvalue weighted by Gasteiger charge is -2.23. The van der Waals surface area contributed by atoms with Gasteiger partial charge in [-0.25, -0.2) is 0 Å². The van der Waals surface area contributed by atoms with Crippen LogP contribution >= 0.6 is 0 Å². The SMILES string of the molecule is CC(C)(C)c1ccc(NC(=O)CCC2CC(=O)C2)c(N=O)c1. The van der Waals surface area contributed by atoms with Gasteiger partial charge in [0.25, 0.3) is 0 Å². The molecule has 118 valence electrons. The minimum atomic E-state index is -0.146. The van der Waals surface area contributed by atoms with Crippen LogP contribution in [0.25, 0.3) is 0 Å². The van der Waals surface area contributed by atoms with E-state index in [2.05, 4.69) is 31.3 Å². The van der Waals surface area contributed by atoms with Crippen LogP contribution in [-0.2, 0) is 15.0 Å². The molecule has 0 saturated heterocycles. The molecule has 1 N–H and O–H groups in total. The summed E-state index contributed by atoms with van der Waals surface area (Å²) in [5, 5.41) is 5.76. The molecule has 0 atom stereocenters. The highest BCUT2D eigenvalue weighted by molar-refractivity contribution is 5.94. The fourth-order valence-electron chi connectivity index (χ4n) is 2.52. The molecule has 1 aliphatic rings. The highest BCUT2D eigenvalue weighted by Crippen LogP contribution is 2.32. The van der Waals surface area contributed by atoms with Crippen LogP contribution in [0.3, 0.4) is 0 Å². The van der Waals surface area contributed by atoms with Crippen LogP contribution < -0.4 is 5.32 Å². The maximum atomic E-state index is 11.9. The molecule has 0 bridgehead atoms. The molecule has 0 aliphatic heterocycles. The summed E-state index contributed by atoms with van der Waals surface area (Å²) in [6.07, 6.45) is 2.25. The number of Topliss-reactive ketones (excluding diaryl/α,β-unsaturated/α-hetero) is 1. The number of hydrogen-bond acceptors (Lipinski definition) is 4. The molecule has 2 rings (SSSR count). The molecular formula is C17H22N2O3. The number of nitrogens with one attached hydrogen (secondary N) is 1. The van der Waals surface area contributed by atoms with Gasteiger partial charge in [0.1, 0.15) is 11.5 Å². The Balaban J connectivity index is 1.98. The summed E-state index contributed by atoms with van der Waals surface area (Å²) < 4.78 is 0. The van der Waals surface area contributed by atoms with Crippen molar-refractivity contribution in [3.8, 4) is 0 Å². The van der Waals surface area contributed by atoms with Crippen LogP contribution in [-0.4, -0.2) is 11.7 Å². The standard InChI is InChI=1S/C17H22N2O3/c1-17(2,3)12-5-6-14(15(10-12)19-22)18-16(21)7-4-11-8-13(20)9-11/h5-6,10-11H,4,7-9H2,1-3H3,(H,18,21). The quantitative estimate of drug-likeness (QED) is 0.833. The summed E-state index contributed by atoms with van der Waals surface area (Å²) in [6, 6.07) is 5.34. The predicted molar refractivity (Wildman–Crippen MR) is 86.2 cm³/mol. The van der Waals surface area contributed by atoms with E-state index in [4.69, 9.17) is 0 Å². The molecule has 0 aromatic heterocycles. The largest absolute Gasteiger partial charge is 0.324 e. The molecular weight excluding hydrogens is 280 g/mol. The third-order valence-electron chi connectivity index (χ3n) is 4.05. The van der Waals surface area contributed by atoms with Crippen LogP contribution in [0.4, 0.5) is 11.4 Å². The Bertz CT molecular complexity index is 594. The number of anilines is 1. The molecule has 0 heterocycles. The molecule has 1 fully saturated rings. The summed E-state index contributed by atoms with van der Waals surface area (Å²) in [5.74, 6) is 0.466.